The Labute approximate surface area is 103 Å². The summed E-state index contributed by atoms with van der Waals surface area (Å²) in [6.45, 7) is 12.2. The van der Waals surface area contributed by atoms with Crippen LogP contribution in [0.5, 0.6) is 0 Å². The molecule has 0 rings (SSSR count). The minimum atomic E-state index is -0.412. The topological polar surface area (TPSA) is 76.0 Å². The number of hydrogen-bond donors (Lipinski definition) is 2. The maximum absolute atomic E-state index is 10.2. The van der Waals surface area contributed by atoms with Crippen molar-refractivity contribution in [3.63, 3.8) is 0 Å². The Bertz CT molecular complexity index is 164. The Morgan fingerprint density at radius 1 is 1.18 bits per heavy atom. The smallest absolute Gasteiger partial charge is 0.330 e. The lowest BCUT2D eigenvalue weighted by Gasteiger charge is -1.92. The molecule has 5 nitrogen and oxygen atoms in total. The molecule has 5 heteroatoms. The molecule has 0 aliphatic carbocycles. The van der Waals surface area contributed by atoms with Crippen molar-refractivity contribution in [3.05, 3.63) is 25.3 Å². The van der Waals surface area contributed by atoms with Crippen LogP contribution >= 0.6 is 0 Å². The molecule has 0 spiro atoms. The second-order valence-electron chi connectivity index (χ2n) is 2.35. The van der Waals surface area contributed by atoms with Gasteiger partial charge in [0.15, 0.2) is 0 Å². The molecule has 0 fully saturated rings. The van der Waals surface area contributed by atoms with Gasteiger partial charge in [-0.3, -0.25) is 0 Å². The monoisotopic (exact) mass is 248 g/mol. The minimum absolute atomic E-state index is 0.125. The third-order valence-electron chi connectivity index (χ3n) is 1.02. The Balaban J connectivity index is -0.000000188. The molecule has 2 N–H and O–H groups in total. The first kappa shape index (κ1) is 21.1. The van der Waals surface area contributed by atoms with E-state index in [9.17, 15) is 4.79 Å². The zero-order chi connectivity index (χ0) is 13.9. The molecule has 0 aromatic rings. The van der Waals surface area contributed by atoms with Gasteiger partial charge in [-0.15, -0.1) is 0 Å². The van der Waals surface area contributed by atoms with Gasteiger partial charge in [0.05, 0.1) is 13.2 Å². The van der Waals surface area contributed by atoms with E-state index in [0.29, 0.717) is 0 Å². The fourth-order valence-electron chi connectivity index (χ4n) is 0.404. The summed E-state index contributed by atoms with van der Waals surface area (Å²) in [5.74, 6) is -0.412. The number of carbonyl (C=O) groups is 1. The molecule has 0 aromatic carbocycles. The van der Waals surface area contributed by atoms with Gasteiger partial charge in [0.1, 0.15) is 6.61 Å². The molecular weight excluding hydrogens is 224 g/mol. The van der Waals surface area contributed by atoms with Crippen LogP contribution in [-0.4, -0.2) is 49.2 Å². The lowest BCUT2D eigenvalue weighted by molar-refractivity contribution is -0.136. The molecule has 0 aliphatic heterocycles. The summed E-state index contributed by atoms with van der Waals surface area (Å²) in [6, 6.07) is 0. The van der Waals surface area contributed by atoms with E-state index in [1.54, 1.807) is 0 Å². The van der Waals surface area contributed by atoms with E-state index in [0.717, 1.165) is 19.3 Å². The van der Waals surface area contributed by atoms with Crippen molar-refractivity contribution in [2.45, 2.75) is 13.8 Å². The average Bonchev–Trinajstić information content (AvgIpc) is 2.37. The third kappa shape index (κ3) is 39.8. The van der Waals surface area contributed by atoms with Gasteiger partial charge < -0.3 is 19.7 Å². The zero-order valence-corrected chi connectivity index (χ0v) is 10.7. The summed E-state index contributed by atoms with van der Waals surface area (Å²) in [5, 5.41) is 15.2. The van der Waals surface area contributed by atoms with Crippen molar-refractivity contribution < 1.29 is 24.5 Å². The summed E-state index contributed by atoms with van der Waals surface area (Å²) < 4.78 is 9.30. The molecule has 0 aliphatic rings. The number of aliphatic hydroxyl groups excluding tert-OH is 2. The van der Waals surface area contributed by atoms with Gasteiger partial charge in [-0.1, -0.05) is 19.2 Å². The Kier molecular flexibility index (Phi) is 30.1. The molecule has 17 heavy (non-hydrogen) atoms. The lowest BCUT2D eigenvalue weighted by Crippen LogP contribution is -1.98. The molecular formula is C12H24O5. The molecule has 0 unspecified atom stereocenters. The Morgan fingerprint density at radius 2 is 1.65 bits per heavy atom. The molecule has 0 aromatic heterocycles. The first-order chi connectivity index (χ1) is 8.14. The predicted molar refractivity (Wildman–Crippen MR) is 67.7 cm³/mol. The first-order valence-electron chi connectivity index (χ1n) is 5.33. The zero-order valence-electron chi connectivity index (χ0n) is 10.7. The normalized spacial score (nSPS) is 7.76. The van der Waals surface area contributed by atoms with Gasteiger partial charge >= 0.3 is 5.97 Å². The van der Waals surface area contributed by atoms with E-state index in [1.807, 2.05) is 13.8 Å². The highest BCUT2D eigenvalue weighted by Crippen LogP contribution is 1.77. The number of ether oxygens (including phenoxy) is 2. The van der Waals surface area contributed by atoms with Gasteiger partial charge in [-0.05, 0) is 13.8 Å². The average molecular weight is 248 g/mol. The van der Waals surface area contributed by atoms with Crippen LogP contribution in [0.4, 0.5) is 0 Å². The van der Waals surface area contributed by atoms with Crippen LogP contribution < -0.4 is 0 Å². The third-order valence-corrected chi connectivity index (χ3v) is 1.02. The van der Waals surface area contributed by atoms with Crippen molar-refractivity contribution >= 4 is 5.97 Å². The number of esters is 1. The van der Waals surface area contributed by atoms with E-state index in [1.165, 1.54) is 6.08 Å². The van der Waals surface area contributed by atoms with Crippen molar-refractivity contribution in [3.8, 4) is 0 Å². The summed E-state index contributed by atoms with van der Waals surface area (Å²) in [4.78, 5) is 10.2. The van der Waals surface area contributed by atoms with E-state index in [-0.39, 0.29) is 19.8 Å². The highest BCUT2D eigenvalue weighted by atomic mass is 16.5. The summed E-state index contributed by atoms with van der Waals surface area (Å²) in [6.07, 6.45) is 2.62. The minimum Gasteiger partial charge on any atom is -0.458 e. The van der Waals surface area contributed by atoms with Gasteiger partial charge in [-0.2, -0.15) is 0 Å². The van der Waals surface area contributed by atoms with E-state index in [4.69, 9.17) is 14.9 Å². The Morgan fingerprint density at radius 3 is 1.82 bits per heavy atom. The molecule has 0 atom stereocenters. The van der Waals surface area contributed by atoms with Gasteiger partial charge in [0.2, 0.25) is 0 Å². The first-order valence-corrected chi connectivity index (χ1v) is 5.33. The van der Waals surface area contributed by atoms with Crippen LogP contribution in [0, 0.1) is 0 Å². The number of hydrogen-bond acceptors (Lipinski definition) is 5. The summed E-state index contributed by atoms with van der Waals surface area (Å²) in [5.41, 5.74) is 0. The van der Waals surface area contributed by atoms with Crippen molar-refractivity contribution in [2.75, 3.05) is 33.0 Å². The maximum atomic E-state index is 10.2. The van der Waals surface area contributed by atoms with Gasteiger partial charge in [0, 0.05) is 19.3 Å². The van der Waals surface area contributed by atoms with Crippen molar-refractivity contribution in [1.29, 1.82) is 0 Å². The molecule has 0 radical (unpaired) electrons. The van der Waals surface area contributed by atoms with Crippen molar-refractivity contribution in [2.24, 2.45) is 0 Å². The Hall–Kier alpha value is -1.17. The fourth-order valence-corrected chi connectivity index (χ4v) is 0.404. The number of carbonyl (C=O) groups excluding carboxylic acids is 1. The van der Waals surface area contributed by atoms with Crippen LogP contribution in [-0.2, 0) is 14.3 Å². The van der Waals surface area contributed by atoms with Crippen LogP contribution in [0.15, 0.2) is 25.3 Å². The quantitative estimate of drug-likeness (QED) is 0.415. The highest BCUT2D eigenvalue weighted by molar-refractivity contribution is 5.81. The van der Waals surface area contributed by atoms with Gasteiger partial charge in [0.25, 0.3) is 0 Å². The van der Waals surface area contributed by atoms with Gasteiger partial charge in [-0.25, -0.2) is 4.79 Å². The largest absolute Gasteiger partial charge is 0.458 e. The van der Waals surface area contributed by atoms with Crippen LogP contribution in [0.1, 0.15) is 13.8 Å². The molecule has 0 saturated heterocycles. The standard InChI is InChI=1S/C6H8O2.C4H10O.C2H6O2/c1-3-5-8-6(7)4-2;1-3-5-4-2;3-1-2-4/h3-4H,1-2,5H2;3-4H2,1-2H3;3-4H,1-2H2. The molecule has 0 saturated carbocycles. The lowest BCUT2D eigenvalue weighted by atomic mass is 10.6. The fraction of sp³-hybridized carbons (Fsp3) is 0.583. The van der Waals surface area contributed by atoms with Crippen molar-refractivity contribution in [1.82, 2.24) is 0 Å². The van der Waals surface area contributed by atoms with Crippen LogP contribution in [0.3, 0.4) is 0 Å². The molecule has 102 valence electrons. The second kappa shape index (κ2) is 24.2. The maximum Gasteiger partial charge on any atom is 0.330 e. The number of aliphatic hydroxyl groups is 2. The molecule has 0 amide bonds. The SMILES string of the molecule is C=CCOC(=O)C=C.CCOCC.OCCO. The second-order valence-corrected chi connectivity index (χ2v) is 2.35. The molecule has 0 heterocycles. The highest BCUT2D eigenvalue weighted by Gasteiger charge is 1.87. The predicted octanol–water partition coefficient (Wildman–Crippen LogP) is 0.915. The number of rotatable bonds is 6. The summed E-state index contributed by atoms with van der Waals surface area (Å²) in [7, 11) is 0. The summed E-state index contributed by atoms with van der Waals surface area (Å²) >= 11 is 0. The van der Waals surface area contributed by atoms with E-state index >= 15 is 0 Å². The van der Waals surface area contributed by atoms with Crippen LogP contribution in [0.25, 0.3) is 0 Å². The van der Waals surface area contributed by atoms with E-state index < -0.39 is 5.97 Å². The molecule has 0 bridgehead atoms. The van der Waals surface area contributed by atoms with E-state index in [2.05, 4.69) is 17.9 Å². The van der Waals surface area contributed by atoms with Crippen LogP contribution in [0.2, 0.25) is 0 Å².